The molecule has 2 aromatic rings. The molecule has 0 aliphatic rings. The zero-order valence-electron chi connectivity index (χ0n) is 11.0. The molecule has 0 fully saturated rings. The van der Waals surface area contributed by atoms with Crippen molar-refractivity contribution in [2.45, 2.75) is 13.0 Å². The van der Waals surface area contributed by atoms with Gasteiger partial charge in [0.05, 0.1) is 6.61 Å². The second kappa shape index (κ2) is 6.34. The average molecular weight is 259 g/mol. The van der Waals surface area contributed by atoms with E-state index in [-0.39, 0.29) is 12.4 Å². The molecule has 19 heavy (non-hydrogen) atoms. The zero-order chi connectivity index (χ0) is 13.7. The van der Waals surface area contributed by atoms with Crippen LogP contribution >= 0.6 is 0 Å². The number of nitrogens with zero attached hydrogens (tertiary/aromatic N) is 1. The van der Waals surface area contributed by atoms with Crippen molar-refractivity contribution in [3.63, 3.8) is 0 Å². The molecule has 100 valence electrons. The van der Waals surface area contributed by atoms with Gasteiger partial charge in [0, 0.05) is 19.3 Å². The predicted octanol–water partition coefficient (Wildman–Crippen LogP) is 3.00. The van der Waals surface area contributed by atoms with Crippen molar-refractivity contribution in [3.8, 4) is 0 Å². The monoisotopic (exact) mass is 259 g/mol. The summed E-state index contributed by atoms with van der Waals surface area (Å²) in [5.74, 6) is -0.312. The van der Waals surface area contributed by atoms with E-state index < -0.39 is 0 Å². The van der Waals surface area contributed by atoms with Crippen molar-refractivity contribution >= 4 is 5.69 Å². The Balaban J connectivity index is 2.03. The van der Waals surface area contributed by atoms with E-state index in [1.807, 2.05) is 36.2 Å². The molecule has 0 aliphatic heterocycles. The van der Waals surface area contributed by atoms with Gasteiger partial charge in [-0.3, -0.25) is 0 Å². The first-order valence-corrected chi connectivity index (χ1v) is 6.34. The first-order valence-electron chi connectivity index (χ1n) is 6.34. The van der Waals surface area contributed by atoms with E-state index >= 15 is 0 Å². The van der Waals surface area contributed by atoms with Crippen LogP contribution in [0.4, 0.5) is 10.1 Å². The summed E-state index contributed by atoms with van der Waals surface area (Å²) in [7, 11) is 1.93. The second-order valence-electron chi connectivity index (χ2n) is 4.63. The van der Waals surface area contributed by atoms with Crippen molar-refractivity contribution in [1.29, 1.82) is 0 Å². The normalized spacial score (nSPS) is 10.5. The van der Waals surface area contributed by atoms with Crippen LogP contribution < -0.4 is 4.90 Å². The molecule has 0 atom stereocenters. The lowest BCUT2D eigenvalue weighted by Crippen LogP contribution is -2.20. The Hall–Kier alpha value is -1.87. The Morgan fingerprint density at radius 3 is 2.47 bits per heavy atom. The maximum atomic E-state index is 13.4. The summed E-state index contributed by atoms with van der Waals surface area (Å²) >= 11 is 0. The van der Waals surface area contributed by atoms with Gasteiger partial charge in [-0.15, -0.1) is 0 Å². The quantitative estimate of drug-likeness (QED) is 0.892. The molecule has 0 aromatic heterocycles. The van der Waals surface area contributed by atoms with E-state index in [4.69, 9.17) is 5.11 Å². The number of likely N-dealkylation sites (N-methyl/N-ethyl adjacent to an activating group) is 1. The highest BCUT2D eigenvalue weighted by atomic mass is 19.1. The Morgan fingerprint density at radius 1 is 1.05 bits per heavy atom. The van der Waals surface area contributed by atoms with Crippen LogP contribution in [0.3, 0.4) is 0 Å². The maximum absolute atomic E-state index is 13.4. The van der Waals surface area contributed by atoms with Crippen LogP contribution in [0.5, 0.6) is 0 Å². The van der Waals surface area contributed by atoms with Crippen LogP contribution in [0, 0.1) is 5.82 Å². The Kier molecular flexibility index (Phi) is 4.53. The van der Waals surface area contributed by atoms with E-state index in [2.05, 4.69) is 12.1 Å². The summed E-state index contributed by atoms with van der Waals surface area (Å²) in [6.45, 7) is 0.662. The van der Waals surface area contributed by atoms with Crippen LogP contribution in [0.1, 0.15) is 11.1 Å². The lowest BCUT2D eigenvalue weighted by molar-refractivity contribution is 0.281. The van der Waals surface area contributed by atoms with Gasteiger partial charge < -0.3 is 10.0 Å². The third-order valence-electron chi connectivity index (χ3n) is 3.14. The summed E-state index contributed by atoms with van der Waals surface area (Å²) in [6, 6.07) is 14.8. The van der Waals surface area contributed by atoms with E-state index in [0.29, 0.717) is 5.56 Å². The molecule has 0 amide bonds. The molecular weight excluding hydrogens is 241 g/mol. The number of benzene rings is 2. The van der Waals surface area contributed by atoms with Gasteiger partial charge in [-0.05, 0) is 35.7 Å². The highest BCUT2D eigenvalue weighted by Gasteiger charge is 2.05. The Morgan fingerprint density at radius 2 is 1.79 bits per heavy atom. The lowest BCUT2D eigenvalue weighted by Gasteiger charge is -2.20. The van der Waals surface area contributed by atoms with Gasteiger partial charge >= 0.3 is 0 Å². The molecule has 0 saturated carbocycles. The number of hydrogen-bond acceptors (Lipinski definition) is 2. The summed E-state index contributed by atoms with van der Waals surface area (Å²) in [4.78, 5) is 2.00. The van der Waals surface area contributed by atoms with Crippen LogP contribution in [-0.2, 0) is 13.0 Å². The molecular formula is C16H18FNO. The molecule has 0 saturated heterocycles. The van der Waals surface area contributed by atoms with Crippen molar-refractivity contribution in [2.75, 3.05) is 18.5 Å². The molecule has 0 radical (unpaired) electrons. The van der Waals surface area contributed by atoms with Gasteiger partial charge in [0.1, 0.15) is 5.82 Å². The van der Waals surface area contributed by atoms with Crippen LogP contribution in [0.2, 0.25) is 0 Å². The summed E-state index contributed by atoms with van der Waals surface area (Å²) in [6.07, 6.45) is 0.905. The lowest BCUT2D eigenvalue weighted by atomic mass is 10.1. The largest absolute Gasteiger partial charge is 0.392 e. The standard InChI is InChI=1S/C16H18FNO/c1-18(8-7-13-5-3-2-4-6-13)16-10-14(12-19)9-15(17)11-16/h2-6,9-11,19H,7-8,12H2,1H3. The Labute approximate surface area is 113 Å². The van der Waals surface area contributed by atoms with Crippen LogP contribution in [0.25, 0.3) is 0 Å². The van der Waals surface area contributed by atoms with Crippen molar-refractivity contribution < 1.29 is 9.50 Å². The van der Waals surface area contributed by atoms with E-state index in [1.54, 1.807) is 0 Å². The molecule has 2 rings (SSSR count). The molecule has 3 heteroatoms. The van der Waals surface area contributed by atoms with E-state index in [0.717, 1.165) is 18.7 Å². The Bertz CT molecular complexity index is 528. The second-order valence-corrected chi connectivity index (χ2v) is 4.63. The minimum Gasteiger partial charge on any atom is -0.392 e. The fraction of sp³-hybridized carbons (Fsp3) is 0.250. The number of halogens is 1. The van der Waals surface area contributed by atoms with Crippen molar-refractivity contribution in [1.82, 2.24) is 0 Å². The minimum absolute atomic E-state index is 0.142. The third kappa shape index (κ3) is 3.80. The van der Waals surface area contributed by atoms with E-state index in [9.17, 15) is 4.39 Å². The number of hydrogen-bond donors (Lipinski definition) is 1. The molecule has 0 unspecified atom stereocenters. The highest BCUT2D eigenvalue weighted by Crippen LogP contribution is 2.18. The molecule has 2 aromatic carbocycles. The SMILES string of the molecule is CN(CCc1ccccc1)c1cc(F)cc(CO)c1. The summed E-state index contributed by atoms with van der Waals surface area (Å²) < 4.78 is 13.4. The van der Waals surface area contributed by atoms with Gasteiger partial charge in [-0.1, -0.05) is 30.3 Å². The number of rotatable bonds is 5. The molecule has 0 heterocycles. The zero-order valence-corrected chi connectivity index (χ0v) is 11.0. The number of aliphatic hydroxyl groups excluding tert-OH is 1. The highest BCUT2D eigenvalue weighted by molar-refractivity contribution is 5.48. The fourth-order valence-electron chi connectivity index (χ4n) is 2.02. The average Bonchev–Trinajstić information content (AvgIpc) is 2.45. The molecule has 2 nitrogen and oxygen atoms in total. The maximum Gasteiger partial charge on any atom is 0.125 e. The first kappa shape index (κ1) is 13.6. The molecule has 0 spiro atoms. The smallest absolute Gasteiger partial charge is 0.125 e. The van der Waals surface area contributed by atoms with Gasteiger partial charge in [-0.25, -0.2) is 4.39 Å². The molecule has 0 bridgehead atoms. The van der Waals surface area contributed by atoms with Gasteiger partial charge in [0.15, 0.2) is 0 Å². The minimum atomic E-state index is -0.312. The van der Waals surface area contributed by atoms with Crippen molar-refractivity contribution in [2.24, 2.45) is 0 Å². The van der Waals surface area contributed by atoms with Gasteiger partial charge in [0.25, 0.3) is 0 Å². The molecule has 1 N–H and O–H groups in total. The topological polar surface area (TPSA) is 23.5 Å². The summed E-state index contributed by atoms with van der Waals surface area (Å²) in [5.41, 5.74) is 2.65. The predicted molar refractivity (Wildman–Crippen MR) is 75.7 cm³/mol. The number of anilines is 1. The first-order chi connectivity index (χ1) is 9.19. The van der Waals surface area contributed by atoms with Gasteiger partial charge in [-0.2, -0.15) is 0 Å². The van der Waals surface area contributed by atoms with Gasteiger partial charge in [0.2, 0.25) is 0 Å². The van der Waals surface area contributed by atoms with Crippen LogP contribution in [-0.4, -0.2) is 18.7 Å². The summed E-state index contributed by atoms with van der Waals surface area (Å²) in [5, 5.41) is 9.09. The van der Waals surface area contributed by atoms with E-state index in [1.165, 1.54) is 17.7 Å². The van der Waals surface area contributed by atoms with Crippen LogP contribution in [0.15, 0.2) is 48.5 Å². The molecule has 0 aliphatic carbocycles. The third-order valence-corrected chi connectivity index (χ3v) is 3.14. The fourth-order valence-corrected chi connectivity index (χ4v) is 2.02. The number of aliphatic hydroxyl groups is 1. The van der Waals surface area contributed by atoms with Crippen molar-refractivity contribution in [3.05, 3.63) is 65.5 Å².